The first-order chi connectivity index (χ1) is 11.5. The third kappa shape index (κ3) is 3.36. The van der Waals surface area contributed by atoms with Crippen molar-refractivity contribution >= 4 is 10.0 Å². The number of rotatable bonds is 4. The Labute approximate surface area is 138 Å². The SMILES string of the molecule is O=S(=O)(c1c(F)cccc1F)N1CCC(Oc2cnccn2)CC1. The maximum absolute atomic E-state index is 13.8. The Hall–Kier alpha value is -2.13. The number of aromatic nitrogens is 2. The maximum Gasteiger partial charge on any atom is 0.248 e. The second-order valence-electron chi connectivity index (χ2n) is 5.32. The molecule has 1 fully saturated rings. The minimum atomic E-state index is -4.22. The minimum Gasteiger partial charge on any atom is -0.473 e. The molecule has 2 heterocycles. The largest absolute Gasteiger partial charge is 0.473 e. The predicted molar refractivity (Wildman–Crippen MR) is 80.8 cm³/mol. The third-order valence-electron chi connectivity index (χ3n) is 3.74. The molecule has 24 heavy (non-hydrogen) atoms. The van der Waals surface area contributed by atoms with Crippen LogP contribution in [0.5, 0.6) is 5.88 Å². The van der Waals surface area contributed by atoms with Gasteiger partial charge in [0.2, 0.25) is 15.9 Å². The molecule has 2 aromatic rings. The molecule has 0 bridgehead atoms. The van der Waals surface area contributed by atoms with E-state index in [1.807, 2.05) is 0 Å². The fourth-order valence-corrected chi connectivity index (χ4v) is 4.14. The van der Waals surface area contributed by atoms with Crippen molar-refractivity contribution in [3.63, 3.8) is 0 Å². The number of hydrogen-bond donors (Lipinski definition) is 0. The van der Waals surface area contributed by atoms with Crippen molar-refractivity contribution in [3.05, 3.63) is 48.4 Å². The summed E-state index contributed by atoms with van der Waals surface area (Å²) in [6.45, 7) is 0.224. The van der Waals surface area contributed by atoms with Gasteiger partial charge in [-0.05, 0) is 25.0 Å². The second kappa shape index (κ2) is 6.78. The van der Waals surface area contributed by atoms with E-state index < -0.39 is 26.6 Å². The summed E-state index contributed by atoms with van der Waals surface area (Å²) in [4.78, 5) is 6.98. The van der Waals surface area contributed by atoms with Crippen LogP contribution < -0.4 is 4.74 Å². The van der Waals surface area contributed by atoms with Crippen LogP contribution in [0, 0.1) is 11.6 Å². The first-order valence-corrected chi connectivity index (χ1v) is 8.79. The van der Waals surface area contributed by atoms with Gasteiger partial charge in [0.15, 0.2) is 4.90 Å². The van der Waals surface area contributed by atoms with E-state index >= 15 is 0 Å². The fraction of sp³-hybridized carbons (Fsp3) is 0.333. The molecule has 1 aromatic carbocycles. The van der Waals surface area contributed by atoms with Gasteiger partial charge in [-0.25, -0.2) is 22.2 Å². The van der Waals surface area contributed by atoms with Crippen LogP contribution in [0.4, 0.5) is 8.78 Å². The summed E-state index contributed by atoms with van der Waals surface area (Å²) in [5.41, 5.74) is 0. The highest BCUT2D eigenvalue weighted by Crippen LogP contribution is 2.26. The van der Waals surface area contributed by atoms with Crippen LogP contribution >= 0.6 is 0 Å². The average molecular weight is 355 g/mol. The Balaban J connectivity index is 1.70. The van der Waals surface area contributed by atoms with Crippen LogP contribution in [0.25, 0.3) is 0 Å². The summed E-state index contributed by atoms with van der Waals surface area (Å²) >= 11 is 0. The highest BCUT2D eigenvalue weighted by molar-refractivity contribution is 7.89. The van der Waals surface area contributed by atoms with Gasteiger partial charge in [-0.1, -0.05) is 6.07 Å². The fourth-order valence-electron chi connectivity index (χ4n) is 2.57. The zero-order valence-electron chi connectivity index (χ0n) is 12.6. The molecule has 0 atom stereocenters. The number of piperidine rings is 1. The number of ether oxygens (including phenoxy) is 1. The first-order valence-electron chi connectivity index (χ1n) is 7.35. The van der Waals surface area contributed by atoms with Crippen molar-refractivity contribution in [3.8, 4) is 5.88 Å². The van der Waals surface area contributed by atoms with E-state index in [0.29, 0.717) is 18.7 Å². The molecule has 1 aliphatic heterocycles. The lowest BCUT2D eigenvalue weighted by molar-refractivity contribution is 0.129. The van der Waals surface area contributed by atoms with Crippen molar-refractivity contribution < 1.29 is 21.9 Å². The predicted octanol–water partition coefficient (Wildman–Crippen LogP) is 1.99. The number of nitrogens with zero attached hydrogens (tertiary/aromatic N) is 3. The summed E-state index contributed by atoms with van der Waals surface area (Å²) in [6.07, 6.45) is 5.05. The monoisotopic (exact) mass is 355 g/mol. The van der Waals surface area contributed by atoms with Crippen LogP contribution in [-0.4, -0.2) is 41.9 Å². The lowest BCUT2D eigenvalue weighted by Gasteiger charge is -2.31. The third-order valence-corrected chi connectivity index (χ3v) is 5.70. The Morgan fingerprint density at radius 2 is 1.79 bits per heavy atom. The standard InChI is InChI=1S/C15H15F2N3O3S/c16-12-2-1-3-13(17)15(12)24(21,22)20-8-4-11(5-9-20)23-14-10-18-6-7-19-14/h1-3,6-7,10-11H,4-5,8-9H2. The first kappa shape index (κ1) is 16.7. The molecule has 128 valence electrons. The zero-order chi connectivity index (χ0) is 17.2. The van der Waals surface area contributed by atoms with Gasteiger partial charge < -0.3 is 4.74 Å². The van der Waals surface area contributed by atoms with E-state index in [9.17, 15) is 17.2 Å². The number of hydrogen-bond acceptors (Lipinski definition) is 5. The molecule has 0 aliphatic carbocycles. The molecule has 0 saturated carbocycles. The van der Waals surface area contributed by atoms with E-state index in [1.165, 1.54) is 18.6 Å². The minimum absolute atomic E-state index is 0.112. The highest BCUT2D eigenvalue weighted by Gasteiger charge is 2.34. The van der Waals surface area contributed by atoms with Crippen LogP contribution in [-0.2, 0) is 10.0 Å². The number of halogens is 2. The Morgan fingerprint density at radius 1 is 1.12 bits per heavy atom. The lowest BCUT2D eigenvalue weighted by atomic mass is 10.1. The molecule has 1 aliphatic rings. The molecular weight excluding hydrogens is 340 g/mol. The molecule has 0 N–H and O–H groups in total. The van der Waals surface area contributed by atoms with Gasteiger partial charge in [0.05, 0.1) is 6.20 Å². The molecule has 1 saturated heterocycles. The zero-order valence-corrected chi connectivity index (χ0v) is 13.4. The molecule has 3 rings (SSSR count). The summed E-state index contributed by atoms with van der Waals surface area (Å²) in [5, 5.41) is 0. The van der Waals surface area contributed by atoms with E-state index in [1.54, 1.807) is 0 Å². The Bertz CT molecular complexity index is 790. The summed E-state index contributed by atoms with van der Waals surface area (Å²) in [7, 11) is -4.22. The van der Waals surface area contributed by atoms with Gasteiger partial charge in [0.25, 0.3) is 0 Å². The summed E-state index contributed by atoms with van der Waals surface area (Å²) in [6, 6.07) is 2.99. The van der Waals surface area contributed by atoms with Crippen LogP contribution in [0.15, 0.2) is 41.7 Å². The smallest absolute Gasteiger partial charge is 0.248 e. The molecule has 0 spiro atoms. The molecule has 1 aromatic heterocycles. The van der Waals surface area contributed by atoms with Crippen LogP contribution in [0.3, 0.4) is 0 Å². The molecule has 0 radical (unpaired) electrons. The van der Waals surface area contributed by atoms with Crippen molar-refractivity contribution in [2.75, 3.05) is 13.1 Å². The van der Waals surface area contributed by atoms with E-state index in [4.69, 9.17) is 4.74 Å². The van der Waals surface area contributed by atoms with Crippen molar-refractivity contribution in [1.82, 2.24) is 14.3 Å². The Morgan fingerprint density at radius 3 is 2.38 bits per heavy atom. The maximum atomic E-state index is 13.8. The van der Waals surface area contributed by atoms with E-state index in [2.05, 4.69) is 9.97 Å². The van der Waals surface area contributed by atoms with Gasteiger partial charge >= 0.3 is 0 Å². The molecule has 0 unspecified atom stereocenters. The highest BCUT2D eigenvalue weighted by atomic mass is 32.2. The van der Waals surface area contributed by atoms with E-state index in [-0.39, 0.29) is 19.2 Å². The Kier molecular flexibility index (Phi) is 4.72. The van der Waals surface area contributed by atoms with Gasteiger partial charge in [-0.15, -0.1) is 0 Å². The average Bonchev–Trinajstić information content (AvgIpc) is 2.56. The second-order valence-corrected chi connectivity index (χ2v) is 7.19. The molecule has 0 amide bonds. The van der Waals surface area contributed by atoms with Gasteiger partial charge in [-0.3, -0.25) is 4.98 Å². The summed E-state index contributed by atoms with van der Waals surface area (Å²) < 4.78 is 59.2. The topological polar surface area (TPSA) is 72.4 Å². The molecular formula is C15H15F2N3O3S. The number of benzene rings is 1. The molecule has 9 heteroatoms. The normalized spacial score (nSPS) is 16.9. The lowest BCUT2D eigenvalue weighted by Crippen LogP contribution is -2.42. The summed E-state index contributed by atoms with van der Waals surface area (Å²) in [5.74, 6) is -1.82. The molecule has 6 nitrogen and oxygen atoms in total. The quantitative estimate of drug-likeness (QED) is 0.839. The van der Waals surface area contributed by atoms with Crippen molar-refractivity contribution in [2.45, 2.75) is 23.8 Å². The van der Waals surface area contributed by atoms with Crippen molar-refractivity contribution in [1.29, 1.82) is 0 Å². The van der Waals surface area contributed by atoms with E-state index in [0.717, 1.165) is 22.5 Å². The van der Waals surface area contributed by atoms with Crippen molar-refractivity contribution in [2.24, 2.45) is 0 Å². The van der Waals surface area contributed by atoms with Gasteiger partial charge in [-0.2, -0.15) is 4.31 Å². The van der Waals surface area contributed by atoms with Gasteiger partial charge in [0, 0.05) is 25.5 Å². The number of sulfonamides is 1. The van der Waals surface area contributed by atoms with Gasteiger partial charge in [0.1, 0.15) is 17.7 Å². The van der Waals surface area contributed by atoms with Crippen LogP contribution in [0.1, 0.15) is 12.8 Å². The van der Waals surface area contributed by atoms with Crippen LogP contribution in [0.2, 0.25) is 0 Å².